The molecule has 0 atom stereocenters. The zero-order valence-corrected chi connectivity index (χ0v) is 14.4. The van der Waals surface area contributed by atoms with E-state index in [0.29, 0.717) is 4.47 Å². The number of methoxy groups -OCH3 is 1. The molecule has 8 nitrogen and oxygen atoms in total. The summed E-state index contributed by atoms with van der Waals surface area (Å²) in [6, 6.07) is 2.97. The second-order valence-corrected chi connectivity index (χ2v) is 5.77. The first kappa shape index (κ1) is 17.8. The third-order valence-corrected chi connectivity index (χ3v) is 4.48. The number of carboxylic acids is 2. The highest BCUT2D eigenvalue weighted by Gasteiger charge is 2.30. The summed E-state index contributed by atoms with van der Waals surface area (Å²) in [7, 11) is 1.29. The number of nitrogens with two attached hydrogens (primary N) is 1. The predicted octanol–water partition coefficient (Wildman–Crippen LogP) is 2.45. The van der Waals surface area contributed by atoms with Crippen molar-refractivity contribution in [3.05, 3.63) is 43.1 Å². The Balaban J connectivity index is 3.15. The highest BCUT2D eigenvalue weighted by atomic mass is 79.9. The summed E-state index contributed by atoms with van der Waals surface area (Å²) in [5.41, 5.74) is 2.63. The minimum atomic E-state index is -1.63. The number of aromatic amines is 1. The zero-order valence-electron chi connectivity index (χ0n) is 12.0. The number of nitrogens with one attached hydrogen (secondary N) is 1. The van der Waals surface area contributed by atoms with E-state index < -0.39 is 40.0 Å². The van der Waals surface area contributed by atoms with E-state index in [9.17, 15) is 24.6 Å². The van der Waals surface area contributed by atoms with Gasteiger partial charge in [-0.05, 0) is 28.1 Å². The number of hydrogen-bond donors (Lipinski definition) is 4. The molecule has 0 amide bonds. The summed E-state index contributed by atoms with van der Waals surface area (Å²) >= 11 is 9.37. The van der Waals surface area contributed by atoms with Gasteiger partial charge in [-0.25, -0.2) is 9.59 Å². The zero-order chi connectivity index (χ0) is 18.2. The molecule has 2 aromatic rings. The van der Waals surface area contributed by atoms with Crippen molar-refractivity contribution >= 4 is 45.3 Å². The van der Waals surface area contributed by atoms with Crippen LogP contribution in [0.1, 0.15) is 20.7 Å². The normalized spacial score (nSPS) is 10.5. The standard InChI is InChI=1S/C14H10BrClN2O6/c1-24-5-3-2-4(15)10(16)6(5)7-8(13(20)21)11(17)18-12(19)9(7)14(22)23/h2-3H,1H3,(H,20,21)(H,22,23)(H3,17,18,19). The van der Waals surface area contributed by atoms with Gasteiger partial charge in [0.15, 0.2) is 0 Å². The largest absolute Gasteiger partial charge is 0.496 e. The van der Waals surface area contributed by atoms with Gasteiger partial charge >= 0.3 is 11.9 Å². The van der Waals surface area contributed by atoms with Gasteiger partial charge in [-0.1, -0.05) is 11.6 Å². The van der Waals surface area contributed by atoms with Crippen LogP contribution in [0.5, 0.6) is 5.75 Å². The van der Waals surface area contributed by atoms with Crippen molar-refractivity contribution in [1.82, 2.24) is 4.98 Å². The van der Waals surface area contributed by atoms with Gasteiger partial charge in [0, 0.05) is 15.6 Å². The number of halogens is 2. The van der Waals surface area contributed by atoms with Crippen LogP contribution in [0.15, 0.2) is 21.4 Å². The molecule has 0 bridgehead atoms. The number of carbonyl (C=O) groups is 2. The number of aromatic carboxylic acids is 2. The van der Waals surface area contributed by atoms with Gasteiger partial charge in [0.1, 0.15) is 22.7 Å². The second-order valence-electron chi connectivity index (χ2n) is 4.54. The minimum Gasteiger partial charge on any atom is -0.496 e. The van der Waals surface area contributed by atoms with Crippen LogP contribution in [0, 0.1) is 0 Å². The lowest BCUT2D eigenvalue weighted by molar-refractivity contribution is 0.0695. The molecule has 126 valence electrons. The molecule has 2 rings (SSSR count). The van der Waals surface area contributed by atoms with Crippen LogP contribution < -0.4 is 16.0 Å². The van der Waals surface area contributed by atoms with E-state index in [-0.39, 0.29) is 16.3 Å². The van der Waals surface area contributed by atoms with Crippen LogP contribution in [0.4, 0.5) is 5.82 Å². The molecule has 1 aromatic heterocycles. The average molecular weight is 418 g/mol. The fraction of sp³-hybridized carbons (Fsp3) is 0.0714. The first-order chi connectivity index (χ1) is 11.2. The summed E-state index contributed by atoms with van der Waals surface area (Å²) in [5, 5.41) is 18.8. The number of anilines is 1. The van der Waals surface area contributed by atoms with Gasteiger partial charge in [-0.3, -0.25) is 4.79 Å². The summed E-state index contributed by atoms with van der Waals surface area (Å²) in [4.78, 5) is 37.2. The quantitative estimate of drug-likeness (QED) is 0.598. The first-order valence-electron chi connectivity index (χ1n) is 6.25. The average Bonchev–Trinajstić information content (AvgIpc) is 2.48. The molecule has 10 heteroatoms. The monoisotopic (exact) mass is 416 g/mol. The van der Waals surface area contributed by atoms with Crippen molar-refractivity contribution in [2.45, 2.75) is 0 Å². The number of rotatable bonds is 4. The second kappa shape index (κ2) is 6.54. The van der Waals surface area contributed by atoms with Crippen LogP contribution in [0.25, 0.3) is 11.1 Å². The lowest BCUT2D eigenvalue weighted by Crippen LogP contribution is -2.24. The molecule has 24 heavy (non-hydrogen) atoms. The van der Waals surface area contributed by atoms with Crippen LogP contribution >= 0.6 is 27.5 Å². The molecule has 0 aliphatic carbocycles. The Labute approximate surface area is 148 Å². The van der Waals surface area contributed by atoms with E-state index in [1.165, 1.54) is 19.2 Å². The Morgan fingerprint density at radius 3 is 2.29 bits per heavy atom. The van der Waals surface area contributed by atoms with Crippen molar-refractivity contribution in [2.75, 3.05) is 12.8 Å². The Kier molecular flexibility index (Phi) is 4.86. The number of carboxylic acid groups (broad SMARTS) is 2. The molecule has 0 saturated heterocycles. The van der Waals surface area contributed by atoms with Crippen molar-refractivity contribution in [1.29, 1.82) is 0 Å². The van der Waals surface area contributed by atoms with E-state index in [4.69, 9.17) is 22.1 Å². The van der Waals surface area contributed by atoms with Crippen molar-refractivity contribution in [3.8, 4) is 16.9 Å². The van der Waals surface area contributed by atoms with Gasteiger partial charge in [-0.2, -0.15) is 0 Å². The molecule has 0 unspecified atom stereocenters. The maximum atomic E-state index is 12.0. The Bertz CT molecular complexity index is 924. The van der Waals surface area contributed by atoms with Crippen molar-refractivity contribution < 1.29 is 24.5 Å². The minimum absolute atomic E-state index is 0.0237. The fourth-order valence-corrected chi connectivity index (χ4v) is 2.81. The Morgan fingerprint density at radius 2 is 1.79 bits per heavy atom. The Hall–Kier alpha value is -2.52. The molecule has 1 aromatic carbocycles. The predicted molar refractivity (Wildman–Crippen MR) is 90.1 cm³/mol. The number of nitrogen functional groups attached to an aromatic ring is 1. The number of hydrogen-bond acceptors (Lipinski definition) is 5. The molecule has 1 heterocycles. The van der Waals surface area contributed by atoms with Crippen molar-refractivity contribution in [2.24, 2.45) is 0 Å². The molecular formula is C14H10BrClN2O6. The number of ether oxygens (including phenoxy) is 1. The molecule has 0 aliphatic heterocycles. The van der Waals surface area contributed by atoms with E-state index in [1.807, 2.05) is 4.98 Å². The van der Waals surface area contributed by atoms with Crippen molar-refractivity contribution in [3.63, 3.8) is 0 Å². The van der Waals surface area contributed by atoms with Gasteiger partial charge in [0.2, 0.25) is 0 Å². The lowest BCUT2D eigenvalue weighted by Gasteiger charge is -2.17. The van der Waals surface area contributed by atoms with Gasteiger partial charge in [0.25, 0.3) is 5.56 Å². The smallest absolute Gasteiger partial charge is 0.342 e. The lowest BCUT2D eigenvalue weighted by atomic mass is 9.94. The Morgan fingerprint density at radius 1 is 1.21 bits per heavy atom. The molecule has 5 N–H and O–H groups in total. The molecule has 0 saturated carbocycles. The van der Waals surface area contributed by atoms with Gasteiger partial charge in [-0.15, -0.1) is 0 Å². The number of aromatic nitrogens is 1. The molecule has 0 fully saturated rings. The third-order valence-electron chi connectivity index (χ3n) is 3.20. The van der Waals surface area contributed by atoms with Crippen LogP contribution in [-0.4, -0.2) is 34.2 Å². The third kappa shape index (κ3) is 2.83. The molecule has 0 radical (unpaired) electrons. The number of H-pyrrole nitrogens is 1. The van der Waals surface area contributed by atoms with Gasteiger partial charge in [0.05, 0.1) is 12.1 Å². The topological polar surface area (TPSA) is 143 Å². The van der Waals surface area contributed by atoms with E-state index in [0.717, 1.165) is 0 Å². The highest BCUT2D eigenvalue weighted by molar-refractivity contribution is 9.10. The van der Waals surface area contributed by atoms with Crippen LogP contribution in [-0.2, 0) is 0 Å². The van der Waals surface area contributed by atoms with Gasteiger partial charge < -0.3 is 25.7 Å². The van der Waals surface area contributed by atoms with E-state index in [2.05, 4.69) is 15.9 Å². The highest BCUT2D eigenvalue weighted by Crippen LogP contribution is 2.43. The summed E-state index contributed by atoms with van der Waals surface area (Å²) < 4.78 is 5.49. The number of pyridine rings is 1. The molecule has 0 spiro atoms. The first-order valence-corrected chi connectivity index (χ1v) is 7.42. The molecular weight excluding hydrogens is 408 g/mol. The number of benzene rings is 1. The summed E-state index contributed by atoms with van der Waals surface area (Å²) in [5.74, 6) is -3.57. The summed E-state index contributed by atoms with van der Waals surface area (Å²) in [6.07, 6.45) is 0. The van der Waals surface area contributed by atoms with E-state index in [1.54, 1.807) is 0 Å². The molecule has 0 aliphatic rings. The van der Waals surface area contributed by atoms with Crippen LogP contribution in [0.3, 0.4) is 0 Å². The van der Waals surface area contributed by atoms with Crippen LogP contribution in [0.2, 0.25) is 5.02 Å². The maximum Gasteiger partial charge on any atom is 0.342 e. The fourth-order valence-electron chi connectivity index (χ4n) is 2.23. The van der Waals surface area contributed by atoms with E-state index >= 15 is 0 Å². The summed E-state index contributed by atoms with van der Waals surface area (Å²) in [6.45, 7) is 0. The maximum absolute atomic E-state index is 12.0. The SMILES string of the molecule is COc1ccc(Br)c(Cl)c1-c1c(C(=O)O)c(N)[nH]c(=O)c1C(=O)O.